The van der Waals surface area contributed by atoms with E-state index in [1.165, 1.54) is 51.4 Å². The van der Waals surface area contributed by atoms with Crippen LogP contribution in [0.2, 0.25) is 0 Å². The quantitative estimate of drug-likeness (QED) is 0.578. The summed E-state index contributed by atoms with van der Waals surface area (Å²) in [5.41, 5.74) is 0.754. The molecule has 1 aliphatic carbocycles. The number of halogens is 1. The van der Waals surface area contributed by atoms with Crippen molar-refractivity contribution in [3.05, 3.63) is 35.5 Å². The van der Waals surface area contributed by atoms with E-state index in [-0.39, 0.29) is 22.6 Å². The smallest absolute Gasteiger partial charge is 0.137 e. The minimum atomic E-state index is -0.174. The maximum absolute atomic E-state index is 13.9. The van der Waals surface area contributed by atoms with E-state index in [1.807, 2.05) is 30.3 Å². The lowest BCUT2D eigenvalue weighted by Crippen LogP contribution is -2.64. The van der Waals surface area contributed by atoms with Crippen LogP contribution >= 0.6 is 12.4 Å². The molecule has 3 fully saturated rings. The van der Waals surface area contributed by atoms with Gasteiger partial charge in [0.2, 0.25) is 0 Å². The van der Waals surface area contributed by atoms with Crippen molar-refractivity contribution in [1.82, 2.24) is 14.9 Å². The minimum Gasteiger partial charge on any atom is -0.626 e. The van der Waals surface area contributed by atoms with Gasteiger partial charge in [0.15, 0.2) is 0 Å². The predicted molar refractivity (Wildman–Crippen MR) is 116 cm³/mol. The second-order valence-electron chi connectivity index (χ2n) is 8.77. The molecule has 4 rings (SSSR count). The molecular weight excluding hydrogens is 358 g/mol. The highest BCUT2D eigenvalue weighted by atomic mass is 35.5. The number of hydroxylamine groups is 2. The number of para-hydroxylation sites is 1. The number of rotatable bonds is 2. The summed E-state index contributed by atoms with van der Waals surface area (Å²) in [6, 6.07) is 10.8. The van der Waals surface area contributed by atoms with Gasteiger partial charge in [-0.05, 0) is 25.0 Å². The summed E-state index contributed by atoms with van der Waals surface area (Å²) in [6.45, 7) is 3.58. The second-order valence-corrected chi connectivity index (χ2v) is 8.77. The zero-order valence-electron chi connectivity index (χ0n) is 16.6. The normalized spacial score (nSPS) is 30.3. The Morgan fingerprint density at radius 3 is 2.15 bits per heavy atom. The molecule has 2 aliphatic heterocycles. The Hall–Kier alpha value is -0.650. The summed E-state index contributed by atoms with van der Waals surface area (Å²) in [5.74, 6) is 0. The van der Waals surface area contributed by atoms with E-state index >= 15 is 0 Å². The van der Waals surface area contributed by atoms with Crippen molar-refractivity contribution in [3.63, 3.8) is 0 Å². The molecule has 1 aromatic carbocycles. The van der Waals surface area contributed by atoms with Crippen molar-refractivity contribution in [1.29, 1.82) is 0 Å². The third kappa shape index (κ3) is 4.20. The summed E-state index contributed by atoms with van der Waals surface area (Å²) in [7, 11) is 0. The van der Waals surface area contributed by atoms with E-state index in [1.54, 1.807) is 0 Å². The molecular formula is C22H36ClN3O. The van der Waals surface area contributed by atoms with E-state index in [0.29, 0.717) is 6.67 Å². The Balaban J connectivity index is 0.00000210. The van der Waals surface area contributed by atoms with E-state index in [4.69, 9.17) is 0 Å². The molecule has 4 nitrogen and oxygen atoms in total. The number of benzene rings is 1. The van der Waals surface area contributed by atoms with Crippen LogP contribution in [-0.2, 0) is 0 Å². The molecule has 27 heavy (non-hydrogen) atoms. The molecule has 0 amide bonds. The van der Waals surface area contributed by atoms with Crippen molar-refractivity contribution in [2.24, 2.45) is 0 Å². The first-order chi connectivity index (χ1) is 12.7. The van der Waals surface area contributed by atoms with Crippen molar-refractivity contribution in [2.45, 2.75) is 75.8 Å². The van der Waals surface area contributed by atoms with Crippen molar-refractivity contribution in [3.8, 4) is 0 Å². The van der Waals surface area contributed by atoms with E-state index in [0.717, 1.165) is 44.2 Å². The number of piperidine rings is 1. The molecule has 2 heterocycles. The first-order valence-electron chi connectivity index (χ1n) is 10.8. The van der Waals surface area contributed by atoms with Crippen LogP contribution in [0.1, 0.15) is 64.2 Å². The zero-order chi connectivity index (χ0) is 17.9. The molecule has 0 aromatic heterocycles. The molecule has 1 spiro atoms. The molecule has 2 saturated heterocycles. The zero-order valence-corrected chi connectivity index (χ0v) is 17.4. The summed E-state index contributed by atoms with van der Waals surface area (Å²) in [5, 5.41) is 17.3. The SMILES string of the molecule is Cl.[O-][N+]1(c2ccccc2)CNCC12CCN(C1CCCCCCCC1)CC2. The lowest BCUT2D eigenvalue weighted by Gasteiger charge is -2.54. The highest BCUT2D eigenvalue weighted by molar-refractivity contribution is 5.85. The predicted octanol–water partition coefficient (Wildman–Crippen LogP) is 4.81. The molecule has 5 heteroatoms. The van der Waals surface area contributed by atoms with Crippen LogP contribution in [0.15, 0.2) is 30.3 Å². The average Bonchev–Trinajstić information content (AvgIpc) is 3.07. The molecule has 3 aliphatic rings. The van der Waals surface area contributed by atoms with E-state index < -0.39 is 0 Å². The lowest BCUT2D eigenvalue weighted by atomic mass is 9.84. The van der Waals surface area contributed by atoms with Crippen LogP contribution in [0.3, 0.4) is 0 Å². The number of likely N-dealkylation sites (tertiary alicyclic amines) is 1. The number of quaternary nitrogens is 1. The fourth-order valence-electron chi connectivity index (χ4n) is 5.60. The van der Waals surface area contributed by atoms with Gasteiger partial charge in [-0.15, -0.1) is 12.4 Å². The number of nitrogens with one attached hydrogen (secondary N) is 1. The van der Waals surface area contributed by atoms with Gasteiger partial charge < -0.3 is 9.85 Å². The molecule has 0 radical (unpaired) electrons. The third-order valence-corrected chi connectivity index (χ3v) is 7.30. The number of nitrogens with zero attached hydrogens (tertiary/aromatic N) is 2. The van der Waals surface area contributed by atoms with Gasteiger partial charge in [0, 0.05) is 32.0 Å². The van der Waals surface area contributed by atoms with Crippen LogP contribution in [0.25, 0.3) is 0 Å². The van der Waals surface area contributed by atoms with E-state index in [9.17, 15) is 5.21 Å². The summed E-state index contributed by atoms with van der Waals surface area (Å²) in [6.07, 6.45) is 13.2. The standard InChI is InChI=1S/C22H35N3O.ClH/c26-25(21-12-8-5-9-13-21)19-23-18-22(25)14-16-24(17-15-22)20-10-6-3-1-2-4-7-11-20;/h5,8-9,12-13,20,23H,1-4,6-7,10-11,14-19H2;1H. The van der Waals surface area contributed by atoms with Crippen molar-refractivity contribution >= 4 is 18.1 Å². The van der Waals surface area contributed by atoms with Crippen LogP contribution in [-0.4, -0.2) is 42.8 Å². The highest BCUT2D eigenvalue weighted by Crippen LogP contribution is 2.42. The fourth-order valence-corrected chi connectivity index (χ4v) is 5.60. The molecule has 1 aromatic rings. The second kappa shape index (κ2) is 9.23. The largest absolute Gasteiger partial charge is 0.626 e. The van der Waals surface area contributed by atoms with Crippen LogP contribution in [0.5, 0.6) is 0 Å². The fraction of sp³-hybridized carbons (Fsp3) is 0.727. The first kappa shape index (κ1) is 21.1. The number of hydrogen-bond donors (Lipinski definition) is 1. The Morgan fingerprint density at radius 2 is 1.52 bits per heavy atom. The van der Waals surface area contributed by atoms with Gasteiger partial charge in [-0.2, -0.15) is 0 Å². The highest BCUT2D eigenvalue weighted by Gasteiger charge is 2.52. The van der Waals surface area contributed by atoms with Crippen LogP contribution in [0, 0.1) is 5.21 Å². The molecule has 1 saturated carbocycles. The number of hydrogen-bond acceptors (Lipinski definition) is 3. The maximum Gasteiger partial charge on any atom is 0.137 e. The Morgan fingerprint density at radius 1 is 0.926 bits per heavy atom. The maximum atomic E-state index is 13.9. The molecule has 1 unspecified atom stereocenters. The van der Waals surface area contributed by atoms with Gasteiger partial charge in [-0.1, -0.05) is 56.7 Å². The Kier molecular flexibility index (Phi) is 7.20. The monoisotopic (exact) mass is 393 g/mol. The summed E-state index contributed by atoms with van der Waals surface area (Å²) in [4.78, 5) is 2.73. The van der Waals surface area contributed by atoms with Crippen molar-refractivity contribution < 1.29 is 0 Å². The average molecular weight is 394 g/mol. The van der Waals surface area contributed by atoms with Gasteiger partial charge in [-0.3, -0.25) is 10.2 Å². The minimum absolute atomic E-state index is 0. The summed E-state index contributed by atoms with van der Waals surface area (Å²) >= 11 is 0. The molecule has 152 valence electrons. The van der Waals surface area contributed by atoms with Gasteiger partial charge in [0.25, 0.3) is 0 Å². The van der Waals surface area contributed by atoms with Gasteiger partial charge >= 0.3 is 0 Å². The Bertz CT molecular complexity index is 566. The topological polar surface area (TPSA) is 38.3 Å². The molecule has 1 atom stereocenters. The van der Waals surface area contributed by atoms with Gasteiger partial charge in [0.1, 0.15) is 17.9 Å². The van der Waals surface area contributed by atoms with Crippen LogP contribution < -0.4 is 9.96 Å². The first-order valence-corrected chi connectivity index (χ1v) is 10.8. The van der Waals surface area contributed by atoms with Gasteiger partial charge in [0.05, 0.1) is 6.54 Å². The molecule has 0 bridgehead atoms. The van der Waals surface area contributed by atoms with Gasteiger partial charge in [-0.25, -0.2) is 0 Å². The van der Waals surface area contributed by atoms with Crippen molar-refractivity contribution in [2.75, 3.05) is 26.3 Å². The van der Waals surface area contributed by atoms with Crippen LogP contribution in [0.4, 0.5) is 5.69 Å². The summed E-state index contributed by atoms with van der Waals surface area (Å²) < 4.78 is -0.174. The van der Waals surface area contributed by atoms with E-state index in [2.05, 4.69) is 10.2 Å². The third-order valence-electron chi connectivity index (χ3n) is 7.30. The molecule has 1 N–H and O–H groups in total. The Labute approximate surface area is 170 Å². The lowest BCUT2D eigenvalue weighted by molar-refractivity contribution is 0.0617.